The molecule has 0 bridgehead atoms. The summed E-state index contributed by atoms with van der Waals surface area (Å²) in [5, 5.41) is 14.2. The van der Waals surface area contributed by atoms with Gasteiger partial charge in [0.2, 0.25) is 0 Å². The van der Waals surface area contributed by atoms with E-state index in [9.17, 15) is 9.90 Å². The van der Waals surface area contributed by atoms with Crippen molar-refractivity contribution in [3.8, 4) is 5.75 Å². The van der Waals surface area contributed by atoms with Crippen molar-refractivity contribution in [2.45, 2.75) is 103 Å². The van der Waals surface area contributed by atoms with Gasteiger partial charge in [0, 0.05) is 6.04 Å². The van der Waals surface area contributed by atoms with E-state index < -0.39 is 0 Å². The predicted molar refractivity (Wildman–Crippen MR) is 120 cm³/mol. The van der Waals surface area contributed by atoms with E-state index >= 15 is 0 Å². The van der Waals surface area contributed by atoms with Crippen molar-refractivity contribution in [2.24, 2.45) is 0 Å². The average Bonchev–Trinajstić information content (AvgIpc) is 2.63. The Hall–Kier alpha value is -1.55. The fraction of sp³-hybridized carbons (Fsp3) is 0.720. The van der Waals surface area contributed by atoms with Gasteiger partial charge >= 0.3 is 5.97 Å². The van der Waals surface area contributed by atoms with Crippen LogP contribution in [0.4, 0.5) is 0 Å². The van der Waals surface area contributed by atoms with Crippen molar-refractivity contribution in [3.05, 3.63) is 28.8 Å². The number of carbonyl (C=O) groups excluding carboxylic acids is 1. The van der Waals surface area contributed by atoms with E-state index in [1.807, 2.05) is 0 Å². The third-order valence-electron chi connectivity index (χ3n) is 5.80. The van der Waals surface area contributed by atoms with Crippen LogP contribution in [-0.4, -0.2) is 30.3 Å². The van der Waals surface area contributed by atoms with E-state index in [1.165, 1.54) is 37.7 Å². The van der Waals surface area contributed by atoms with Crippen molar-refractivity contribution in [1.29, 1.82) is 0 Å². The van der Waals surface area contributed by atoms with E-state index in [4.69, 9.17) is 4.74 Å². The molecule has 164 valence electrons. The minimum absolute atomic E-state index is 0.128. The van der Waals surface area contributed by atoms with Gasteiger partial charge in [-0.2, -0.15) is 0 Å². The van der Waals surface area contributed by atoms with E-state index in [0.29, 0.717) is 24.9 Å². The van der Waals surface area contributed by atoms with Gasteiger partial charge in [-0.1, -0.05) is 72.9 Å². The van der Waals surface area contributed by atoms with Crippen LogP contribution in [-0.2, 0) is 26.8 Å². The Labute approximate surface area is 177 Å². The molecule has 0 unspecified atom stereocenters. The number of phenolic OH excluding ortho intramolecular Hbond substituents is 1. The number of benzene rings is 1. The molecule has 0 heterocycles. The smallest absolute Gasteiger partial charge is 0.319 e. The zero-order chi connectivity index (χ0) is 21.7. The highest BCUT2D eigenvalue weighted by Crippen LogP contribution is 2.39. The van der Waals surface area contributed by atoms with Crippen molar-refractivity contribution in [2.75, 3.05) is 13.2 Å². The summed E-state index contributed by atoms with van der Waals surface area (Å²) in [5.74, 6) is 0.251. The Morgan fingerprint density at radius 1 is 1.03 bits per heavy atom. The van der Waals surface area contributed by atoms with Crippen LogP contribution in [0.25, 0.3) is 0 Å². The molecule has 1 aromatic carbocycles. The van der Waals surface area contributed by atoms with Gasteiger partial charge in [-0.05, 0) is 53.2 Å². The lowest BCUT2D eigenvalue weighted by molar-refractivity contribution is -0.142. The molecule has 1 fully saturated rings. The van der Waals surface area contributed by atoms with Crippen LogP contribution in [0.2, 0.25) is 0 Å². The number of hydrogen-bond donors (Lipinski definition) is 2. The maximum atomic E-state index is 12.0. The van der Waals surface area contributed by atoms with Crippen LogP contribution in [0, 0.1) is 0 Å². The fourth-order valence-electron chi connectivity index (χ4n) is 4.03. The summed E-state index contributed by atoms with van der Waals surface area (Å²) in [7, 11) is 0. The second kappa shape index (κ2) is 9.97. The van der Waals surface area contributed by atoms with Gasteiger partial charge < -0.3 is 15.2 Å². The molecule has 1 aliphatic carbocycles. The molecule has 0 saturated heterocycles. The number of aromatic hydroxyl groups is 1. The molecule has 4 heteroatoms. The number of aryl methyl sites for hydroxylation is 1. The van der Waals surface area contributed by atoms with Gasteiger partial charge in [-0.3, -0.25) is 4.79 Å². The highest BCUT2D eigenvalue weighted by Gasteiger charge is 2.26. The summed E-state index contributed by atoms with van der Waals surface area (Å²) in [4.78, 5) is 12.0. The monoisotopic (exact) mass is 403 g/mol. The highest BCUT2D eigenvalue weighted by molar-refractivity contribution is 5.71. The van der Waals surface area contributed by atoms with Gasteiger partial charge in [0.05, 0.1) is 13.2 Å². The first-order valence-corrected chi connectivity index (χ1v) is 11.2. The lowest BCUT2D eigenvalue weighted by Crippen LogP contribution is -2.35. The van der Waals surface area contributed by atoms with Crippen LogP contribution in [0.3, 0.4) is 0 Å². The molecule has 0 aliphatic heterocycles. The van der Waals surface area contributed by atoms with Gasteiger partial charge in [0.25, 0.3) is 0 Å². The molecule has 0 atom stereocenters. The first-order valence-electron chi connectivity index (χ1n) is 11.2. The van der Waals surface area contributed by atoms with Gasteiger partial charge in [0.1, 0.15) is 5.75 Å². The standard InChI is InChI=1S/C25H41NO3/c1-24(2,3)20-15-18(16-21(23(20)28)25(4,5)6)11-10-14-29-22(27)17-26-19-12-8-7-9-13-19/h15-16,19,26,28H,7-14,17H2,1-6H3. The zero-order valence-corrected chi connectivity index (χ0v) is 19.4. The lowest BCUT2D eigenvalue weighted by atomic mass is 9.78. The maximum absolute atomic E-state index is 12.0. The second-order valence-electron chi connectivity index (χ2n) is 10.6. The van der Waals surface area contributed by atoms with E-state index in [2.05, 4.69) is 59.0 Å². The number of nitrogens with one attached hydrogen (secondary N) is 1. The molecule has 2 rings (SSSR count). The van der Waals surface area contributed by atoms with Crippen LogP contribution in [0.15, 0.2) is 12.1 Å². The Bertz CT molecular complexity index is 641. The first-order chi connectivity index (χ1) is 13.5. The predicted octanol–water partition coefficient (Wildman–Crippen LogP) is 5.39. The summed E-state index contributed by atoms with van der Waals surface area (Å²) < 4.78 is 5.42. The largest absolute Gasteiger partial charge is 0.507 e. The van der Waals surface area contributed by atoms with Crippen molar-refractivity contribution >= 4 is 5.97 Å². The quantitative estimate of drug-likeness (QED) is 0.474. The molecule has 4 nitrogen and oxygen atoms in total. The van der Waals surface area contributed by atoms with Crippen LogP contribution >= 0.6 is 0 Å². The number of phenols is 1. The van der Waals surface area contributed by atoms with E-state index in [0.717, 1.165) is 24.0 Å². The highest BCUT2D eigenvalue weighted by atomic mass is 16.5. The Morgan fingerprint density at radius 2 is 1.59 bits per heavy atom. The second-order valence-corrected chi connectivity index (χ2v) is 10.6. The SMILES string of the molecule is CC(C)(C)c1cc(CCCOC(=O)CNC2CCCCC2)cc(C(C)(C)C)c1O. The minimum atomic E-state index is -0.160. The van der Waals surface area contributed by atoms with Crippen molar-refractivity contribution in [1.82, 2.24) is 5.32 Å². The molecule has 0 aromatic heterocycles. The molecule has 0 amide bonds. The topological polar surface area (TPSA) is 58.6 Å². The minimum Gasteiger partial charge on any atom is -0.507 e. The molecule has 2 N–H and O–H groups in total. The summed E-state index contributed by atoms with van der Waals surface area (Å²) in [5.41, 5.74) is 2.89. The Balaban J connectivity index is 1.88. The fourth-order valence-corrected chi connectivity index (χ4v) is 4.03. The van der Waals surface area contributed by atoms with E-state index in [-0.39, 0.29) is 16.8 Å². The molecule has 1 aliphatic rings. The van der Waals surface area contributed by atoms with Gasteiger partial charge in [-0.25, -0.2) is 0 Å². The molecular formula is C25H41NO3. The third kappa shape index (κ3) is 7.33. The number of carbonyl (C=O) groups is 1. The Morgan fingerprint density at radius 3 is 2.10 bits per heavy atom. The summed E-state index contributed by atoms with van der Waals surface area (Å²) in [6, 6.07) is 4.69. The molecule has 0 radical (unpaired) electrons. The number of esters is 1. The molecule has 1 aromatic rings. The van der Waals surface area contributed by atoms with Gasteiger partial charge in [-0.15, -0.1) is 0 Å². The lowest BCUT2D eigenvalue weighted by Gasteiger charge is -2.28. The normalized spacial score (nSPS) is 16.1. The van der Waals surface area contributed by atoms with Gasteiger partial charge in [0.15, 0.2) is 0 Å². The number of hydrogen-bond acceptors (Lipinski definition) is 4. The first kappa shape index (κ1) is 23.7. The van der Waals surface area contributed by atoms with E-state index in [1.54, 1.807) is 0 Å². The summed E-state index contributed by atoms with van der Waals surface area (Å²) in [6.45, 7) is 13.5. The van der Waals surface area contributed by atoms with Crippen LogP contribution < -0.4 is 5.32 Å². The average molecular weight is 404 g/mol. The van der Waals surface area contributed by atoms with Crippen molar-refractivity contribution < 1.29 is 14.6 Å². The summed E-state index contributed by atoms with van der Waals surface area (Å²) in [6.07, 6.45) is 7.77. The maximum Gasteiger partial charge on any atom is 0.319 e. The van der Waals surface area contributed by atoms with Crippen LogP contribution in [0.5, 0.6) is 5.75 Å². The van der Waals surface area contributed by atoms with Crippen molar-refractivity contribution in [3.63, 3.8) is 0 Å². The number of rotatable bonds is 7. The zero-order valence-electron chi connectivity index (χ0n) is 19.4. The third-order valence-corrected chi connectivity index (χ3v) is 5.80. The van der Waals surface area contributed by atoms with Crippen LogP contribution in [0.1, 0.15) is 96.8 Å². The molecule has 0 spiro atoms. The molecular weight excluding hydrogens is 362 g/mol. The Kier molecular flexibility index (Phi) is 8.16. The molecule has 1 saturated carbocycles. The number of ether oxygens (including phenoxy) is 1. The molecule has 29 heavy (non-hydrogen) atoms. The summed E-state index contributed by atoms with van der Waals surface area (Å²) >= 11 is 0.